The number of carbonyl (C=O) groups excluding carboxylic acids is 1. The van der Waals surface area contributed by atoms with Crippen molar-refractivity contribution in [2.75, 3.05) is 34.8 Å². The minimum atomic E-state index is -0.183. The molecular weight excluding hydrogens is 384 g/mol. The topological polar surface area (TPSA) is 120 Å². The van der Waals surface area contributed by atoms with Crippen molar-refractivity contribution in [1.82, 2.24) is 0 Å². The van der Waals surface area contributed by atoms with Crippen molar-refractivity contribution >= 4 is 34.9 Å². The Labute approximate surface area is 174 Å². The number of anilines is 3. The number of hydrogen-bond donors (Lipinski definition) is 2. The van der Waals surface area contributed by atoms with Crippen LogP contribution < -0.4 is 20.9 Å². The Hall–Kier alpha value is -3.23. The predicted molar refractivity (Wildman–Crippen MR) is 113 cm³/mol. The molecule has 1 saturated heterocycles. The summed E-state index contributed by atoms with van der Waals surface area (Å²) < 4.78 is 0. The van der Waals surface area contributed by atoms with Crippen molar-refractivity contribution < 1.29 is 9.78 Å². The molecule has 7 nitrogen and oxygen atoms in total. The maximum absolute atomic E-state index is 12.3. The number of H-pyrrole nitrogens is 1. The van der Waals surface area contributed by atoms with Crippen molar-refractivity contribution in [3.8, 4) is 12.1 Å². The molecule has 0 spiro atoms. The first-order valence-electron chi connectivity index (χ1n) is 9.54. The average Bonchev–Trinajstić information content (AvgIpc) is 3.02. The average molecular weight is 408 g/mol. The van der Waals surface area contributed by atoms with Crippen LogP contribution in [-0.4, -0.2) is 24.7 Å². The van der Waals surface area contributed by atoms with Gasteiger partial charge in [0.25, 0.3) is 5.82 Å². The van der Waals surface area contributed by atoms with E-state index in [9.17, 15) is 10.1 Å². The summed E-state index contributed by atoms with van der Waals surface area (Å²) >= 11 is 1.17. The third-order valence-corrected chi connectivity index (χ3v) is 5.80. The molecule has 2 heterocycles. The zero-order valence-electron chi connectivity index (χ0n) is 16.1. The number of carbonyl (C=O) groups is 1. The number of rotatable bonds is 5. The van der Waals surface area contributed by atoms with Gasteiger partial charge in [0.2, 0.25) is 5.91 Å². The van der Waals surface area contributed by atoms with Crippen molar-refractivity contribution in [3.63, 3.8) is 0 Å². The van der Waals surface area contributed by atoms with Gasteiger partial charge >= 0.3 is 0 Å². The molecule has 0 saturated carbocycles. The number of benzene rings is 1. The molecule has 1 aliphatic heterocycles. The van der Waals surface area contributed by atoms with Gasteiger partial charge in [-0.15, -0.1) is 0 Å². The summed E-state index contributed by atoms with van der Waals surface area (Å²) in [6.07, 6.45) is 5.02. The fourth-order valence-corrected chi connectivity index (χ4v) is 4.04. The highest BCUT2D eigenvalue weighted by Gasteiger charge is 2.16. The summed E-state index contributed by atoms with van der Waals surface area (Å²) in [6.45, 7) is 2.15. The highest BCUT2D eigenvalue weighted by Crippen LogP contribution is 2.23. The van der Waals surface area contributed by atoms with Gasteiger partial charge in [-0.3, -0.25) is 10.5 Å². The highest BCUT2D eigenvalue weighted by molar-refractivity contribution is 7.99. The Kier molecular flexibility index (Phi) is 6.94. The van der Waals surface area contributed by atoms with Gasteiger partial charge in [0.05, 0.1) is 5.75 Å². The number of amides is 1. The molecule has 0 bridgehead atoms. The second-order valence-corrected chi connectivity index (χ2v) is 7.83. The Morgan fingerprint density at radius 1 is 1.10 bits per heavy atom. The largest absolute Gasteiger partial charge is 0.372 e. The number of aromatic nitrogens is 1. The molecule has 1 fully saturated rings. The number of nitriles is 2. The van der Waals surface area contributed by atoms with Crippen LogP contribution in [0.2, 0.25) is 0 Å². The Bertz CT molecular complexity index is 953. The molecule has 1 aromatic heterocycles. The van der Waals surface area contributed by atoms with Crippen LogP contribution >= 0.6 is 11.8 Å². The van der Waals surface area contributed by atoms with Gasteiger partial charge in [0, 0.05) is 24.5 Å². The number of pyridine rings is 1. The maximum atomic E-state index is 12.3. The number of nitrogens with two attached hydrogens (primary N) is 1. The first-order chi connectivity index (χ1) is 14.1. The molecule has 3 rings (SSSR count). The molecule has 1 aromatic carbocycles. The van der Waals surface area contributed by atoms with Gasteiger partial charge in [-0.25, -0.2) is 4.98 Å². The fraction of sp³-hybridized carbons (Fsp3) is 0.333. The van der Waals surface area contributed by atoms with Gasteiger partial charge < -0.3 is 10.2 Å². The van der Waals surface area contributed by atoms with E-state index >= 15 is 0 Å². The number of nitrogens with zero attached hydrogens (tertiary/aromatic N) is 3. The van der Waals surface area contributed by atoms with Crippen molar-refractivity contribution in [3.05, 3.63) is 41.5 Å². The standard InChI is InChI=1S/C21H22N6OS/c22-12-15-11-16(13-23)21(26-20(15)24)29-14-19(28)25-17-5-7-18(8-6-17)27-9-3-1-2-4-10-27/h5-8,11H,1-4,9-10,14H2,(H2,24,26)(H,25,28)/p+1. The Morgan fingerprint density at radius 2 is 1.76 bits per heavy atom. The Morgan fingerprint density at radius 3 is 2.38 bits per heavy atom. The normalized spacial score (nSPS) is 13.8. The number of nitrogens with one attached hydrogen (secondary N) is 2. The lowest BCUT2D eigenvalue weighted by molar-refractivity contribution is -0.410. The van der Waals surface area contributed by atoms with Gasteiger partial charge in [-0.1, -0.05) is 24.6 Å². The quantitative estimate of drug-likeness (QED) is 0.735. The van der Waals surface area contributed by atoms with E-state index < -0.39 is 0 Å². The molecule has 1 amide bonds. The molecule has 2 aromatic rings. The van der Waals surface area contributed by atoms with Crippen LogP contribution in [0.1, 0.15) is 36.8 Å². The van der Waals surface area contributed by atoms with Gasteiger partial charge in [-0.2, -0.15) is 10.5 Å². The Balaban J connectivity index is 1.58. The van der Waals surface area contributed by atoms with E-state index in [1.54, 1.807) is 0 Å². The van der Waals surface area contributed by atoms with Gasteiger partial charge in [0.15, 0.2) is 5.03 Å². The van der Waals surface area contributed by atoms with E-state index in [2.05, 4.69) is 15.2 Å². The molecule has 0 atom stereocenters. The van der Waals surface area contributed by atoms with E-state index in [0.29, 0.717) is 5.03 Å². The summed E-state index contributed by atoms with van der Waals surface area (Å²) in [5.74, 6) is 0.112. The minimum absolute atomic E-state index is 0.115. The zero-order chi connectivity index (χ0) is 20.6. The first kappa shape index (κ1) is 20.5. The van der Waals surface area contributed by atoms with Crippen LogP contribution in [0.25, 0.3) is 0 Å². The van der Waals surface area contributed by atoms with E-state index in [1.807, 2.05) is 36.4 Å². The van der Waals surface area contributed by atoms with Crippen molar-refractivity contribution in [1.29, 1.82) is 10.5 Å². The third-order valence-electron chi connectivity index (χ3n) is 4.78. The lowest BCUT2D eigenvalue weighted by Gasteiger charge is -2.22. The third kappa shape index (κ3) is 5.40. The van der Waals surface area contributed by atoms with Crippen LogP contribution in [0.5, 0.6) is 0 Å². The van der Waals surface area contributed by atoms with E-state index in [1.165, 1.54) is 49.2 Å². The van der Waals surface area contributed by atoms with Crippen molar-refractivity contribution in [2.45, 2.75) is 30.7 Å². The molecule has 8 heteroatoms. The van der Waals surface area contributed by atoms with Crippen LogP contribution in [-0.2, 0) is 4.79 Å². The number of thioether (sulfide) groups is 1. The lowest BCUT2D eigenvalue weighted by Crippen LogP contribution is -2.23. The number of aromatic amines is 1. The molecule has 148 valence electrons. The smallest absolute Gasteiger partial charge is 0.289 e. The van der Waals surface area contributed by atoms with E-state index in [0.717, 1.165) is 18.8 Å². The summed E-state index contributed by atoms with van der Waals surface area (Å²) in [7, 11) is 0. The predicted octanol–water partition coefficient (Wildman–Crippen LogP) is 2.94. The van der Waals surface area contributed by atoms with Gasteiger partial charge in [-0.05, 0) is 43.2 Å². The minimum Gasteiger partial charge on any atom is -0.372 e. The maximum Gasteiger partial charge on any atom is 0.289 e. The number of hydrogen-bond acceptors (Lipinski definition) is 6. The van der Waals surface area contributed by atoms with E-state index in [4.69, 9.17) is 11.0 Å². The summed E-state index contributed by atoms with van der Waals surface area (Å²) in [4.78, 5) is 17.5. The summed E-state index contributed by atoms with van der Waals surface area (Å²) in [5, 5.41) is 21.6. The zero-order valence-corrected chi connectivity index (χ0v) is 16.9. The molecule has 0 unspecified atom stereocenters. The van der Waals surface area contributed by atoms with Crippen LogP contribution in [0.4, 0.5) is 17.2 Å². The fourth-order valence-electron chi connectivity index (χ4n) is 3.25. The molecule has 0 aliphatic carbocycles. The number of nitrogen functional groups attached to an aromatic ring is 1. The molecular formula is C21H23N6OS+. The lowest BCUT2D eigenvalue weighted by atomic mass is 10.2. The van der Waals surface area contributed by atoms with Crippen LogP contribution in [0, 0.1) is 22.7 Å². The molecule has 4 N–H and O–H groups in total. The highest BCUT2D eigenvalue weighted by atomic mass is 32.2. The molecule has 0 radical (unpaired) electrons. The van der Waals surface area contributed by atoms with Crippen LogP contribution in [0.15, 0.2) is 35.4 Å². The van der Waals surface area contributed by atoms with Crippen molar-refractivity contribution in [2.24, 2.45) is 0 Å². The first-order valence-corrected chi connectivity index (χ1v) is 10.5. The molecule has 1 aliphatic rings. The van der Waals surface area contributed by atoms with E-state index in [-0.39, 0.29) is 28.6 Å². The second kappa shape index (κ2) is 9.81. The summed E-state index contributed by atoms with van der Waals surface area (Å²) in [5.41, 5.74) is 8.18. The van der Waals surface area contributed by atoms with Crippen LogP contribution in [0.3, 0.4) is 0 Å². The SMILES string of the molecule is N#Cc1cc(C#N)c(SCC(=O)Nc2ccc(N3CCCCCC3)cc2)[nH+]c1N. The monoisotopic (exact) mass is 407 g/mol. The van der Waals surface area contributed by atoms with Gasteiger partial charge in [0.1, 0.15) is 23.3 Å². The second-order valence-electron chi connectivity index (χ2n) is 6.85. The molecule has 29 heavy (non-hydrogen) atoms. The summed E-state index contributed by atoms with van der Waals surface area (Å²) in [6, 6.07) is 13.3.